The normalized spacial score (nSPS) is 12.0. The first-order valence-corrected chi connectivity index (χ1v) is 7.61. The molecule has 1 amide bonds. The molecule has 1 atom stereocenters. The van der Waals surface area contributed by atoms with Gasteiger partial charge < -0.3 is 14.7 Å². The summed E-state index contributed by atoms with van der Waals surface area (Å²) in [5.74, 6) is 0.827. The van der Waals surface area contributed by atoms with Crippen LogP contribution in [-0.4, -0.2) is 15.9 Å². The lowest BCUT2D eigenvalue weighted by atomic mass is 10.0. The maximum atomic E-state index is 12.3. The van der Waals surface area contributed by atoms with Crippen molar-refractivity contribution < 1.29 is 9.21 Å². The Morgan fingerprint density at radius 3 is 2.73 bits per heavy atom. The van der Waals surface area contributed by atoms with Crippen LogP contribution in [0.4, 0.5) is 0 Å². The molecule has 0 aliphatic carbocycles. The molecule has 0 saturated heterocycles. The number of carbonyl (C=O) groups is 1. The van der Waals surface area contributed by atoms with Gasteiger partial charge >= 0.3 is 0 Å². The molecule has 22 heavy (non-hydrogen) atoms. The first kappa shape index (κ1) is 14.6. The second kappa shape index (κ2) is 6.62. The van der Waals surface area contributed by atoms with Gasteiger partial charge in [0.2, 0.25) is 0 Å². The molecule has 2 aromatic heterocycles. The number of aromatic amines is 1. The summed E-state index contributed by atoms with van der Waals surface area (Å²) >= 11 is 3.20. The quantitative estimate of drug-likeness (QED) is 0.732. The number of aromatic nitrogens is 2. The van der Waals surface area contributed by atoms with Gasteiger partial charge in [-0.2, -0.15) is 0 Å². The van der Waals surface area contributed by atoms with Crippen LogP contribution in [0.1, 0.15) is 28.0 Å². The van der Waals surface area contributed by atoms with E-state index in [1.807, 2.05) is 30.3 Å². The molecule has 3 aromatic rings. The Kier molecular flexibility index (Phi) is 4.39. The molecule has 2 heterocycles. The molecule has 0 saturated carbocycles. The fourth-order valence-corrected chi connectivity index (χ4v) is 2.51. The van der Waals surface area contributed by atoms with Gasteiger partial charge in [-0.3, -0.25) is 4.79 Å². The zero-order chi connectivity index (χ0) is 15.4. The molecule has 112 valence electrons. The van der Waals surface area contributed by atoms with E-state index in [0.717, 1.165) is 11.4 Å². The van der Waals surface area contributed by atoms with Crippen LogP contribution in [0.15, 0.2) is 63.9 Å². The van der Waals surface area contributed by atoms with Crippen LogP contribution in [0.5, 0.6) is 0 Å². The van der Waals surface area contributed by atoms with E-state index in [4.69, 9.17) is 4.42 Å². The van der Waals surface area contributed by atoms with Gasteiger partial charge in [0.15, 0.2) is 10.4 Å². The Morgan fingerprint density at radius 1 is 1.27 bits per heavy atom. The van der Waals surface area contributed by atoms with Gasteiger partial charge in [0.05, 0.1) is 6.04 Å². The van der Waals surface area contributed by atoms with Crippen molar-refractivity contribution in [3.8, 4) is 0 Å². The number of halogens is 1. The third-order valence-electron chi connectivity index (χ3n) is 3.26. The van der Waals surface area contributed by atoms with Crippen LogP contribution in [0.3, 0.4) is 0 Å². The highest BCUT2D eigenvalue weighted by Crippen LogP contribution is 2.19. The average molecular weight is 360 g/mol. The highest BCUT2D eigenvalue weighted by atomic mass is 79.9. The Labute approximate surface area is 135 Å². The highest BCUT2D eigenvalue weighted by Gasteiger charge is 2.19. The van der Waals surface area contributed by atoms with Crippen molar-refractivity contribution in [2.75, 3.05) is 0 Å². The van der Waals surface area contributed by atoms with E-state index in [-0.39, 0.29) is 17.7 Å². The van der Waals surface area contributed by atoms with E-state index >= 15 is 0 Å². The number of furan rings is 1. The van der Waals surface area contributed by atoms with E-state index in [1.165, 1.54) is 0 Å². The molecule has 0 bridgehead atoms. The lowest BCUT2D eigenvalue weighted by molar-refractivity contribution is 0.0907. The van der Waals surface area contributed by atoms with Gasteiger partial charge in [-0.1, -0.05) is 30.3 Å². The first-order valence-electron chi connectivity index (χ1n) is 6.82. The zero-order valence-electron chi connectivity index (χ0n) is 11.6. The highest BCUT2D eigenvalue weighted by molar-refractivity contribution is 9.10. The number of hydrogen-bond acceptors (Lipinski definition) is 3. The van der Waals surface area contributed by atoms with Gasteiger partial charge in [-0.25, -0.2) is 4.98 Å². The van der Waals surface area contributed by atoms with E-state index in [2.05, 4.69) is 31.2 Å². The number of H-pyrrole nitrogens is 1. The van der Waals surface area contributed by atoms with E-state index in [1.54, 1.807) is 24.5 Å². The van der Waals surface area contributed by atoms with Crippen molar-refractivity contribution in [3.63, 3.8) is 0 Å². The number of rotatable bonds is 5. The lowest BCUT2D eigenvalue weighted by Crippen LogP contribution is -2.30. The van der Waals surface area contributed by atoms with Crippen molar-refractivity contribution in [2.24, 2.45) is 0 Å². The molecule has 2 N–H and O–H groups in total. The van der Waals surface area contributed by atoms with Crippen LogP contribution >= 0.6 is 15.9 Å². The molecule has 0 unspecified atom stereocenters. The summed E-state index contributed by atoms with van der Waals surface area (Å²) in [5, 5.41) is 2.99. The Bertz CT molecular complexity index is 738. The zero-order valence-corrected chi connectivity index (χ0v) is 13.2. The first-order chi connectivity index (χ1) is 10.7. The third-order valence-corrected chi connectivity index (χ3v) is 3.68. The molecule has 0 fully saturated rings. The maximum absolute atomic E-state index is 12.3. The smallest absolute Gasteiger partial charge is 0.287 e. The molecular weight excluding hydrogens is 346 g/mol. The third kappa shape index (κ3) is 3.46. The predicted molar refractivity (Wildman–Crippen MR) is 85.3 cm³/mol. The van der Waals surface area contributed by atoms with Crippen LogP contribution in [-0.2, 0) is 6.42 Å². The van der Waals surface area contributed by atoms with Gasteiger partial charge in [-0.15, -0.1) is 0 Å². The fourth-order valence-electron chi connectivity index (χ4n) is 2.21. The number of carbonyl (C=O) groups excluding carboxylic acids is 1. The molecule has 1 aromatic carbocycles. The summed E-state index contributed by atoms with van der Waals surface area (Å²) in [6, 6.07) is 12.9. The Balaban J connectivity index is 1.80. The average Bonchev–Trinajstić information content (AvgIpc) is 3.19. The van der Waals surface area contributed by atoms with Crippen molar-refractivity contribution in [1.29, 1.82) is 0 Å². The Morgan fingerprint density at radius 2 is 2.09 bits per heavy atom. The van der Waals surface area contributed by atoms with Crippen molar-refractivity contribution in [3.05, 3.63) is 76.7 Å². The fraction of sp³-hybridized carbons (Fsp3) is 0.125. The van der Waals surface area contributed by atoms with Gasteiger partial charge in [0, 0.05) is 18.8 Å². The standard InChI is InChI=1S/C16H14BrN3O2/c17-14-7-6-13(22-14)16(21)20-12(10-15-18-8-9-19-15)11-4-2-1-3-5-11/h1-9,12H,10H2,(H,18,19)(H,20,21)/t12-/m1/s1. The Hall–Kier alpha value is -2.34. The number of nitrogens with zero attached hydrogens (tertiary/aromatic N) is 1. The largest absolute Gasteiger partial charge is 0.444 e. The minimum atomic E-state index is -0.258. The van der Waals surface area contributed by atoms with Crippen molar-refractivity contribution in [2.45, 2.75) is 12.5 Å². The minimum Gasteiger partial charge on any atom is -0.444 e. The molecule has 0 radical (unpaired) electrons. The van der Waals surface area contributed by atoms with E-state index in [0.29, 0.717) is 11.1 Å². The topological polar surface area (TPSA) is 70.9 Å². The van der Waals surface area contributed by atoms with E-state index in [9.17, 15) is 4.79 Å². The van der Waals surface area contributed by atoms with Crippen LogP contribution in [0.2, 0.25) is 0 Å². The second-order valence-corrected chi connectivity index (χ2v) is 5.56. The number of nitrogens with one attached hydrogen (secondary N) is 2. The molecule has 0 spiro atoms. The minimum absolute atomic E-state index is 0.191. The molecule has 0 aliphatic rings. The SMILES string of the molecule is O=C(N[C@H](Cc1ncc[nH]1)c1ccccc1)c1ccc(Br)o1. The summed E-state index contributed by atoms with van der Waals surface area (Å²) in [5.41, 5.74) is 1.01. The summed E-state index contributed by atoms with van der Waals surface area (Å²) in [4.78, 5) is 19.6. The summed E-state index contributed by atoms with van der Waals surface area (Å²) in [6.45, 7) is 0. The summed E-state index contributed by atoms with van der Waals surface area (Å²) < 4.78 is 5.83. The molecule has 0 aliphatic heterocycles. The van der Waals surface area contributed by atoms with Crippen LogP contribution < -0.4 is 5.32 Å². The molecule has 6 heteroatoms. The number of benzene rings is 1. The van der Waals surface area contributed by atoms with Crippen molar-refractivity contribution in [1.82, 2.24) is 15.3 Å². The summed E-state index contributed by atoms with van der Waals surface area (Å²) in [7, 11) is 0. The van der Waals surface area contributed by atoms with Gasteiger partial charge in [0.1, 0.15) is 5.82 Å². The number of hydrogen-bond donors (Lipinski definition) is 2. The van der Waals surface area contributed by atoms with E-state index < -0.39 is 0 Å². The lowest BCUT2D eigenvalue weighted by Gasteiger charge is -2.17. The maximum Gasteiger partial charge on any atom is 0.287 e. The predicted octanol–water partition coefficient (Wildman–Crippen LogP) is 3.48. The van der Waals surface area contributed by atoms with Gasteiger partial charge in [-0.05, 0) is 33.6 Å². The second-order valence-electron chi connectivity index (χ2n) is 4.78. The van der Waals surface area contributed by atoms with Crippen LogP contribution in [0.25, 0.3) is 0 Å². The monoisotopic (exact) mass is 359 g/mol. The number of amides is 1. The van der Waals surface area contributed by atoms with Crippen LogP contribution in [0, 0.1) is 0 Å². The van der Waals surface area contributed by atoms with Crippen molar-refractivity contribution >= 4 is 21.8 Å². The molecular formula is C16H14BrN3O2. The number of imidazole rings is 1. The molecule has 3 rings (SSSR count). The summed E-state index contributed by atoms with van der Waals surface area (Å²) in [6.07, 6.45) is 4.04. The molecule has 5 nitrogen and oxygen atoms in total. The van der Waals surface area contributed by atoms with Gasteiger partial charge in [0.25, 0.3) is 5.91 Å².